The summed E-state index contributed by atoms with van der Waals surface area (Å²) >= 11 is 12.4. The van der Waals surface area contributed by atoms with Crippen molar-refractivity contribution in [3.05, 3.63) is 86.3 Å². The quantitative estimate of drug-likeness (QED) is 0.585. The molecular weight excluding hydrogens is 429 g/mol. The molecule has 0 saturated heterocycles. The van der Waals surface area contributed by atoms with Crippen molar-refractivity contribution in [1.82, 2.24) is 0 Å². The maximum atomic E-state index is 13.5. The van der Waals surface area contributed by atoms with Crippen LogP contribution in [0.4, 0.5) is 5.69 Å². The molecule has 2 N–H and O–H groups in total. The molecule has 0 fully saturated rings. The molecule has 0 saturated carbocycles. The average Bonchev–Trinajstić information content (AvgIpc) is 2.69. The maximum absolute atomic E-state index is 13.5. The van der Waals surface area contributed by atoms with E-state index in [2.05, 4.69) is 19.9 Å². The monoisotopic (exact) mass is 451 g/mol. The zero-order valence-electron chi connectivity index (χ0n) is 17.7. The lowest BCUT2D eigenvalue weighted by Crippen LogP contribution is -2.42. The summed E-state index contributed by atoms with van der Waals surface area (Å²) in [7, 11) is 0. The lowest BCUT2D eigenvalue weighted by molar-refractivity contribution is -0.118. The van der Waals surface area contributed by atoms with Gasteiger partial charge >= 0.3 is 0 Å². The van der Waals surface area contributed by atoms with Gasteiger partial charge < -0.3 is 5.73 Å². The summed E-state index contributed by atoms with van der Waals surface area (Å²) in [4.78, 5) is 15.3. The van der Waals surface area contributed by atoms with Gasteiger partial charge in [-0.25, -0.2) is 0 Å². The Morgan fingerprint density at radius 3 is 2.39 bits per heavy atom. The van der Waals surface area contributed by atoms with Crippen LogP contribution in [0.1, 0.15) is 43.7 Å². The van der Waals surface area contributed by atoms with Crippen LogP contribution >= 0.6 is 23.2 Å². The predicted octanol–water partition coefficient (Wildman–Crippen LogP) is 6.24. The second-order valence-corrected chi connectivity index (χ2v) is 9.80. The molecule has 4 nitrogen and oxygen atoms in total. The Morgan fingerprint density at radius 2 is 1.77 bits per heavy atom. The Balaban J connectivity index is 2.00. The number of nitrogens with two attached hydrogens (primary N) is 1. The van der Waals surface area contributed by atoms with Gasteiger partial charge in [0.25, 0.3) is 0 Å². The third-order valence-corrected chi connectivity index (χ3v) is 6.69. The van der Waals surface area contributed by atoms with Crippen LogP contribution in [-0.2, 0) is 4.79 Å². The highest BCUT2D eigenvalue weighted by Gasteiger charge is 2.44. The summed E-state index contributed by atoms with van der Waals surface area (Å²) in [5.74, 6) is -0.202. The Morgan fingerprint density at radius 1 is 1.10 bits per heavy atom. The maximum Gasteiger partial charge on any atom is 0.162 e. The Labute approximate surface area is 192 Å². The smallest absolute Gasteiger partial charge is 0.162 e. The van der Waals surface area contributed by atoms with Crippen molar-refractivity contribution in [2.24, 2.45) is 11.1 Å². The molecule has 0 radical (unpaired) electrons. The molecule has 1 heterocycles. The van der Waals surface area contributed by atoms with Gasteiger partial charge in [-0.1, -0.05) is 60.8 Å². The molecule has 4 rings (SSSR count). The second-order valence-electron chi connectivity index (χ2n) is 8.99. The first-order chi connectivity index (χ1) is 14.6. The van der Waals surface area contributed by atoms with Gasteiger partial charge in [-0.2, -0.15) is 5.26 Å². The highest BCUT2D eigenvalue weighted by molar-refractivity contribution is 6.42. The fourth-order valence-corrected chi connectivity index (χ4v) is 4.83. The number of nitriles is 1. The molecule has 2 aromatic carbocycles. The third kappa shape index (κ3) is 3.73. The lowest BCUT2D eigenvalue weighted by atomic mass is 9.68. The van der Waals surface area contributed by atoms with Gasteiger partial charge in [0.05, 0.1) is 27.6 Å². The van der Waals surface area contributed by atoms with Gasteiger partial charge in [-0.15, -0.1) is 0 Å². The molecule has 1 aliphatic heterocycles. The van der Waals surface area contributed by atoms with Crippen molar-refractivity contribution in [2.75, 3.05) is 4.90 Å². The number of ketones is 1. The number of hydrogen-bond acceptors (Lipinski definition) is 4. The number of halogens is 2. The van der Waals surface area contributed by atoms with Gasteiger partial charge in [0, 0.05) is 23.4 Å². The molecule has 0 amide bonds. The fourth-order valence-electron chi connectivity index (χ4n) is 4.52. The van der Waals surface area contributed by atoms with Crippen molar-refractivity contribution < 1.29 is 4.79 Å². The van der Waals surface area contributed by atoms with E-state index < -0.39 is 5.92 Å². The highest BCUT2D eigenvalue weighted by atomic mass is 35.5. The van der Waals surface area contributed by atoms with Crippen LogP contribution in [0.15, 0.2) is 65.1 Å². The van der Waals surface area contributed by atoms with Crippen LogP contribution in [0, 0.1) is 23.7 Å². The van der Waals surface area contributed by atoms with E-state index in [1.807, 2.05) is 42.2 Å². The molecule has 0 bridgehead atoms. The minimum atomic E-state index is -0.569. The molecule has 1 atom stereocenters. The second kappa shape index (κ2) is 7.75. The third-order valence-electron chi connectivity index (χ3n) is 5.95. The van der Waals surface area contributed by atoms with Crippen LogP contribution in [-0.4, -0.2) is 5.78 Å². The first kappa shape index (κ1) is 21.5. The van der Waals surface area contributed by atoms with E-state index in [0.29, 0.717) is 39.9 Å². The van der Waals surface area contributed by atoms with Crippen LogP contribution in [0.25, 0.3) is 0 Å². The van der Waals surface area contributed by atoms with Gasteiger partial charge in [-0.3, -0.25) is 9.69 Å². The molecular formula is C25H23Cl2N3O. The van der Waals surface area contributed by atoms with Crippen molar-refractivity contribution >= 4 is 34.7 Å². The lowest BCUT2D eigenvalue weighted by Gasteiger charge is -2.43. The summed E-state index contributed by atoms with van der Waals surface area (Å²) in [5, 5.41) is 10.9. The van der Waals surface area contributed by atoms with E-state index in [1.165, 1.54) is 0 Å². The number of benzene rings is 2. The van der Waals surface area contributed by atoms with Gasteiger partial charge in [0.1, 0.15) is 5.82 Å². The van der Waals surface area contributed by atoms with Crippen molar-refractivity contribution in [3.8, 4) is 6.07 Å². The number of aryl methyl sites for hydroxylation is 1. The number of carbonyl (C=O) groups excluding carboxylic acids is 1. The summed E-state index contributed by atoms with van der Waals surface area (Å²) in [5.41, 5.74) is 10.9. The van der Waals surface area contributed by atoms with Crippen LogP contribution in [0.5, 0.6) is 0 Å². The predicted molar refractivity (Wildman–Crippen MR) is 125 cm³/mol. The number of rotatable bonds is 2. The largest absolute Gasteiger partial charge is 0.384 e. The molecule has 6 heteroatoms. The normalized spacial score (nSPS) is 20.6. The highest BCUT2D eigenvalue weighted by Crippen LogP contribution is 2.50. The van der Waals surface area contributed by atoms with E-state index in [-0.39, 0.29) is 11.2 Å². The molecule has 158 valence electrons. The van der Waals surface area contributed by atoms with Gasteiger partial charge in [-0.05, 0) is 48.6 Å². The Hall–Kier alpha value is -2.74. The van der Waals surface area contributed by atoms with Crippen molar-refractivity contribution in [2.45, 2.75) is 39.5 Å². The number of nitrogens with zero attached hydrogens (tertiary/aromatic N) is 2. The molecule has 0 aromatic heterocycles. The molecule has 1 aliphatic carbocycles. The first-order valence-corrected chi connectivity index (χ1v) is 10.9. The summed E-state index contributed by atoms with van der Waals surface area (Å²) in [6, 6.07) is 15.4. The Bertz CT molecular complexity index is 1190. The Kier molecular flexibility index (Phi) is 5.37. The van der Waals surface area contributed by atoms with Crippen LogP contribution in [0.2, 0.25) is 10.0 Å². The number of anilines is 1. The standard InChI is InChI=1S/C25H23Cl2N3O/c1-14-4-7-16(8-5-14)30-20-11-25(2,3)12-21(31)23(20)22(17(13-28)24(30)29)15-6-9-18(26)19(27)10-15/h4-10,22H,11-12,29H2,1-3H3. The summed E-state index contributed by atoms with van der Waals surface area (Å²) < 4.78 is 0. The molecule has 0 spiro atoms. The molecule has 2 aliphatic rings. The number of carbonyl (C=O) groups is 1. The molecule has 2 aromatic rings. The number of allylic oxidation sites excluding steroid dienone is 3. The minimum Gasteiger partial charge on any atom is -0.384 e. The van der Waals surface area contributed by atoms with Crippen molar-refractivity contribution in [3.63, 3.8) is 0 Å². The summed E-state index contributed by atoms with van der Waals surface area (Å²) in [6.07, 6.45) is 1.07. The zero-order chi connectivity index (χ0) is 22.5. The van der Waals surface area contributed by atoms with Crippen LogP contribution in [0.3, 0.4) is 0 Å². The van der Waals surface area contributed by atoms with E-state index in [0.717, 1.165) is 22.5 Å². The van der Waals surface area contributed by atoms with E-state index in [9.17, 15) is 10.1 Å². The van der Waals surface area contributed by atoms with E-state index in [1.54, 1.807) is 12.1 Å². The molecule has 1 unspecified atom stereocenters. The first-order valence-electron chi connectivity index (χ1n) is 10.1. The number of hydrogen-bond donors (Lipinski definition) is 1. The van der Waals surface area contributed by atoms with Gasteiger partial charge in [0.2, 0.25) is 0 Å². The minimum absolute atomic E-state index is 0.0275. The van der Waals surface area contributed by atoms with E-state index >= 15 is 0 Å². The zero-order valence-corrected chi connectivity index (χ0v) is 19.2. The van der Waals surface area contributed by atoms with E-state index in [4.69, 9.17) is 28.9 Å². The van der Waals surface area contributed by atoms with Crippen LogP contribution < -0.4 is 10.6 Å². The molecule has 31 heavy (non-hydrogen) atoms. The van der Waals surface area contributed by atoms with Gasteiger partial charge in [0.15, 0.2) is 5.78 Å². The fraction of sp³-hybridized carbons (Fsp3) is 0.280. The van der Waals surface area contributed by atoms with Crippen molar-refractivity contribution in [1.29, 1.82) is 5.26 Å². The topological polar surface area (TPSA) is 70.1 Å². The summed E-state index contributed by atoms with van der Waals surface area (Å²) in [6.45, 7) is 6.17. The number of Topliss-reactive ketones (excluding diaryl/α,β-unsaturated/α-hetero) is 1. The average molecular weight is 452 g/mol. The SMILES string of the molecule is Cc1ccc(N2C(N)=C(C#N)C(c3ccc(Cl)c(Cl)c3)C3=C2CC(C)(C)CC3=O)cc1.